The van der Waals surface area contributed by atoms with Crippen molar-refractivity contribution in [2.24, 2.45) is 0 Å². The molecule has 0 atom stereocenters. The highest BCUT2D eigenvalue weighted by Crippen LogP contribution is 2.22. The van der Waals surface area contributed by atoms with E-state index in [0.29, 0.717) is 25.9 Å². The number of carbonyl (C=O) groups excluding carboxylic acids is 1. The second kappa shape index (κ2) is 9.45. The third-order valence-electron chi connectivity index (χ3n) is 4.62. The molecule has 0 radical (unpaired) electrons. The Hall–Kier alpha value is -3.02. The molecule has 4 nitrogen and oxygen atoms in total. The molecule has 0 fully saturated rings. The smallest absolute Gasteiger partial charge is 0.234 e. The van der Waals surface area contributed by atoms with Gasteiger partial charge in [-0.25, -0.2) is 9.99 Å². The molecular weight excluding hydrogens is 378 g/mol. The van der Waals surface area contributed by atoms with Gasteiger partial charge in [0.2, 0.25) is 5.91 Å². The highest BCUT2D eigenvalue weighted by molar-refractivity contribution is 7.18. The number of nitrogens with one attached hydrogen (secondary N) is 1. The molecule has 0 saturated heterocycles. The van der Waals surface area contributed by atoms with Gasteiger partial charge in [-0.05, 0) is 23.3 Å². The molecule has 0 aliphatic carbocycles. The first-order valence-corrected chi connectivity index (χ1v) is 10.5. The minimum absolute atomic E-state index is 0.0103. The molecule has 1 amide bonds. The maximum Gasteiger partial charge on any atom is 0.234 e. The van der Waals surface area contributed by atoms with E-state index in [-0.39, 0.29) is 5.91 Å². The van der Waals surface area contributed by atoms with Gasteiger partial charge in [0, 0.05) is 25.9 Å². The number of amides is 1. The van der Waals surface area contributed by atoms with Gasteiger partial charge < -0.3 is 0 Å². The van der Waals surface area contributed by atoms with Gasteiger partial charge in [-0.3, -0.25) is 10.2 Å². The van der Waals surface area contributed by atoms with E-state index in [9.17, 15) is 4.79 Å². The second-order valence-corrected chi connectivity index (χ2v) is 8.05. The molecule has 0 unspecified atom stereocenters. The summed E-state index contributed by atoms with van der Waals surface area (Å²) >= 11 is 1.66. The van der Waals surface area contributed by atoms with Gasteiger partial charge in [-0.1, -0.05) is 72.8 Å². The molecule has 0 saturated carbocycles. The quantitative estimate of drug-likeness (QED) is 0.424. The van der Waals surface area contributed by atoms with Crippen molar-refractivity contribution < 1.29 is 4.79 Å². The molecule has 1 heterocycles. The molecule has 3 aromatic carbocycles. The van der Waals surface area contributed by atoms with E-state index < -0.39 is 0 Å². The highest BCUT2D eigenvalue weighted by Gasteiger charge is 2.12. The summed E-state index contributed by atoms with van der Waals surface area (Å²) in [6.45, 7) is 1.31. The van der Waals surface area contributed by atoms with Crippen molar-refractivity contribution in [2.45, 2.75) is 25.9 Å². The summed E-state index contributed by atoms with van der Waals surface area (Å²) < 4.78 is 1.16. The van der Waals surface area contributed by atoms with Crippen molar-refractivity contribution >= 4 is 27.5 Å². The number of hydrogen-bond donors (Lipinski definition) is 1. The molecule has 1 N–H and O–H groups in total. The predicted octanol–water partition coefficient (Wildman–Crippen LogP) is 4.96. The van der Waals surface area contributed by atoms with Crippen LogP contribution in [0.4, 0.5) is 0 Å². The van der Waals surface area contributed by atoms with Crippen molar-refractivity contribution in [1.82, 2.24) is 15.4 Å². The lowest BCUT2D eigenvalue weighted by molar-refractivity contribution is -0.126. The van der Waals surface area contributed by atoms with Crippen molar-refractivity contribution in [1.29, 1.82) is 0 Å². The van der Waals surface area contributed by atoms with Crippen LogP contribution in [-0.2, 0) is 24.3 Å². The molecule has 5 heteroatoms. The van der Waals surface area contributed by atoms with Crippen LogP contribution >= 0.6 is 11.3 Å². The summed E-state index contributed by atoms with van der Waals surface area (Å²) in [5, 5.41) is 2.98. The highest BCUT2D eigenvalue weighted by atomic mass is 32.1. The van der Waals surface area contributed by atoms with Crippen LogP contribution in [-0.4, -0.2) is 15.9 Å². The van der Waals surface area contributed by atoms with Crippen molar-refractivity contribution in [3.8, 4) is 0 Å². The number of hydrogen-bond acceptors (Lipinski definition) is 4. The number of aromatic nitrogens is 1. The van der Waals surface area contributed by atoms with Crippen LogP contribution in [0.25, 0.3) is 10.2 Å². The first kappa shape index (κ1) is 19.3. The normalized spacial score (nSPS) is 11.1. The van der Waals surface area contributed by atoms with Crippen LogP contribution < -0.4 is 5.43 Å². The van der Waals surface area contributed by atoms with Crippen LogP contribution in [0, 0.1) is 0 Å². The topological polar surface area (TPSA) is 45.2 Å². The molecule has 29 heavy (non-hydrogen) atoms. The van der Waals surface area contributed by atoms with Gasteiger partial charge >= 0.3 is 0 Å². The SMILES string of the molecule is O=C(CCc1nc2ccccc2s1)NN(Cc1ccccc1)Cc1ccccc1. The van der Waals surface area contributed by atoms with Gasteiger partial charge in [-0.15, -0.1) is 11.3 Å². The molecule has 0 bridgehead atoms. The lowest BCUT2D eigenvalue weighted by Gasteiger charge is -2.23. The Balaban J connectivity index is 1.39. The number of thiazole rings is 1. The second-order valence-electron chi connectivity index (χ2n) is 6.94. The Labute approximate surface area is 174 Å². The van der Waals surface area contributed by atoms with Gasteiger partial charge in [-0.2, -0.15) is 0 Å². The first-order chi connectivity index (χ1) is 14.3. The number of rotatable bonds is 8. The van der Waals surface area contributed by atoms with E-state index in [4.69, 9.17) is 0 Å². The zero-order valence-corrected chi connectivity index (χ0v) is 16.9. The lowest BCUT2D eigenvalue weighted by atomic mass is 10.2. The summed E-state index contributed by atoms with van der Waals surface area (Å²) in [6.07, 6.45) is 1.07. The van der Waals surface area contributed by atoms with Crippen LogP contribution in [0.2, 0.25) is 0 Å². The fourth-order valence-electron chi connectivity index (χ4n) is 3.22. The van der Waals surface area contributed by atoms with Gasteiger partial charge in [0.15, 0.2) is 0 Å². The number of nitrogens with zero attached hydrogens (tertiary/aromatic N) is 2. The summed E-state index contributed by atoms with van der Waals surface area (Å²) in [5.74, 6) is 0.0103. The molecule has 0 spiro atoms. The summed E-state index contributed by atoms with van der Waals surface area (Å²) in [7, 11) is 0. The molecule has 0 aliphatic rings. The van der Waals surface area contributed by atoms with Crippen LogP contribution in [0.5, 0.6) is 0 Å². The summed E-state index contributed by atoms with van der Waals surface area (Å²) in [4.78, 5) is 17.3. The molecule has 0 aliphatic heterocycles. The fraction of sp³-hybridized carbons (Fsp3) is 0.167. The number of aryl methyl sites for hydroxylation is 1. The van der Waals surface area contributed by atoms with Crippen molar-refractivity contribution in [3.63, 3.8) is 0 Å². The van der Waals surface area contributed by atoms with E-state index in [1.165, 1.54) is 0 Å². The van der Waals surface area contributed by atoms with Crippen LogP contribution in [0.1, 0.15) is 22.6 Å². The van der Waals surface area contributed by atoms with E-state index in [0.717, 1.165) is 26.4 Å². The van der Waals surface area contributed by atoms with Gasteiger partial charge in [0.1, 0.15) is 0 Å². The third kappa shape index (κ3) is 5.50. The molecular formula is C24H23N3OS. The zero-order chi connectivity index (χ0) is 19.9. The minimum Gasteiger partial charge on any atom is -0.288 e. The molecule has 146 valence electrons. The van der Waals surface area contributed by atoms with Gasteiger partial charge in [0.05, 0.1) is 15.2 Å². The zero-order valence-electron chi connectivity index (χ0n) is 16.1. The Morgan fingerprint density at radius 2 is 1.41 bits per heavy atom. The average Bonchev–Trinajstić information content (AvgIpc) is 3.17. The van der Waals surface area contributed by atoms with Crippen LogP contribution in [0.15, 0.2) is 84.9 Å². The summed E-state index contributed by atoms with van der Waals surface area (Å²) in [6, 6.07) is 28.5. The minimum atomic E-state index is 0.0103. The standard InChI is InChI=1S/C24H23N3OS/c28-23(15-16-24-25-21-13-7-8-14-22(21)29-24)26-27(17-19-9-3-1-4-10-19)18-20-11-5-2-6-12-20/h1-14H,15-18H2,(H,26,28). The van der Waals surface area contributed by atoms with E-state index in [1.807, 2.05) is 59.6 Å². The number of fused-ring (bicyclic) bond motifs is 1. The van der Waals surface area contributed by atoms with Crippen LogP contribution in [0.3, 0.4) is 0 Å². The number of para-hydroxylation sites is 1. The monoisotopic (exact) mass is 401 g/mol. The van der Waals surface area contributed by atoms with Crippen molar-refractivity contribution in [3.05, 3.63) is 101 Å². The maximum atomic E-state index is 12.6. The Morgan fingerprint density at radius 1 is 0.828 bits per heavy atom. The Bertz CT molecular complexity index is 989. The van der Waals surface area contributed by atoms with Gasteiger partial charge in [0.25, 0.3) is 0 Å². The first-order valence-electron chi connectivity index (χ1n) is 9.73. The molecule has 1 aromatic heterocycles. The van der Waals surface area contributed by atoms with E-state index in [2.05, 4.69) is 40.7 Å². The lowest BCUT2D eigenvalue weighted by Crippen LogP contribution is -2.41. The molecule has 4 rings (SSSR count). The predicted molar refractivity (Wildman–Crippen MR) is 118 cm³/mol. The number of hydrazine groups is 1. The van der Waals surface area contributed by atoms with Crippen molar-refractivity contribution in [2.75, 3.05) is 0 Å². The maximum absolute atomic E-state index is 12.6. The number of benzene rings is 3. The van der Waals surface area contributed by atoms with E-state index in [1.54, 1.807) is 11.3 Å². The Kier molecular flexibility index (Phi) is 6.29. The number of carbonyl (C=O) groups is 1. The third-order valence-corrected chi connectivity index (χ3v) is 5.72. The fourth-order valence-corrected chi connectivity index (χ4v) is 4.19. The average molecular weight is 402 g/mol. The summed E-state index contributed by atoms with van der Waals surface area (Å²) in [5.41, 5.74) is 6.42. The molecule has 4 aromatic rings. The largest absolute Gasteiger partial charge is 0.288 e. The Morgan fingerprint density at radius 3 is 2.03 bits per heavy atom. The van der Waals surface area contributed by atoms with E-state index >= 15 is 0 Å².